The van der Waals surface area contributed by atoms with E-state index in [4.69, 9.17) is 49.5 Å². The van der Waals surface area contributed by atoms with Gasteiger partial charge >= 0.3 is 5.97 Å². The van der Waals surface area contributed by atoms with Crippen molar-refractivity contribution in [2.75, 3.05) is 119 Å². The summed E-state index contributed by atoms with van der Waals surface area (Å²) < 4.78 is 47.4. The normalized spacial score (nSPS) is 11.2. The SMILES string of the molecule is COC(=O)COCCOCCOCCOCCOCCOCCOCCOCCCCCCCl. The van der Waals surface area contributed by atoms with Gasteiger partial charge in [-0.25, -0.2) is 4.79 Å². The fourth-order valence-electron chi connectivity index (χ4n) is 2.41. The second kappa shape index (κ2) is 30.5. The van der Waals surface area contributed by atoms with Gasteiger partial charge in [-0.15, -0.1) is 11.6 Å². The van der Waals surface area contributed by atoms with Gasteiger partial charge in [0.2, 0.25) is 0 Å². The Morgan fingerprint density at radius 1 is 0.471 bits per heavy atom. The first-order valence-corrected chi connectivity index (χ1v) is 12.6. The number of unbranched alkanes of at least 4 members (excludes halogenated alkanes) is 3. The third-order valence-corrected chi connectivity index (χ3v) is 4.49. The maximum absolute atomic E-state index is 10.8. The van der Waals surface area contributed by atoms with Gasteiger partial charge in [0.05, 0.1) is 99.6 Å². The van der Waals surface area contributed by atoms with E-state index in [0.717, 1.165) is 25.3 Å². The molecule has 0 radical (unpaired) electrons. The zero-order valence-corrected chi connectivity index (χ0v) is 21.6. The molecule has 204 valence electrons. The highest BCUT2D eigenvalue weighted by Crippen LogP contribution is 2.01. The van der Waals surface area contributed by atoms with E-state index in [-0.39, 0.29) is 6.61 Å². The summed E-state index contributed by atoms with van der Waals surface area (Å²) in [6.07, 6.45) is 4.50. The number of carbonyl (C=O) groups excluding carboxylic acids is 1. The van der Waals surface area contributed by atoms with Crippen molar-refractivity contribution in [1.29, 1.82) is 0 Å². The lowest BCUT2D eigenvalue weighted by atomic mass is 10.2. The number of esters is 1. The van der Waals surface area contributed by atoms with Gasteiger partial charge in [0.1, 0.15) is 6.61 Å². The molecule has 0 aliphatic carbocycles. The number of ether oxygens (including phenoxy) is 9. The van der Waals surface area contributed by atoms with Gasteiger partial charge in [0.15, 0.2) is 0 Å². The molecule has 11 heteroatoms. The lowest BCUT2D eigenvalue weighted by molar-refractivity contribution is -0.146. The first-order valence-electron chi connectivity index (χ1n) is 12.1. The van der Waals surface area contributed by atoms with E-state index >= 15 is 0 Å². The summed E-state index contributed by atoms with van der Waals surface area (Å²) in [5, 5.41) is 0. The van der Waals surface area contributed by atoms with Crippen molar-refractivity contribution in [3.63, 3.8) is 0 Å². The van der Waals surface area contributed by atoms with Crippen molar-refractivity contribution in [2.45, 2.75) is 25.7 Å². The van der Waals surface area contributed by atoms with Gasteiger partial charge < -0.3 is 42.6 Å². The second-order valence-corrected chi connectivity index (χ2v) is 7.40. The van der Waals surface area contributed by atoms with Crippen molar-refractivity contribution in [2.24, 2.45) is 0 Å². The summed E-state index contributed by atoms with van der Waals surface area (Å²) in [5.41, 5.74) is 0. The van der Waals surface area contributed by atoms with E-state index in [1.54, 1.807) is 0 Å². The molecule has 34 heavy (non-hydrogen) atoms. The summed E-state index contributed by atoms with van der Waals surface area (Å²) >= 11 is 5.63. The van der Waals surface area contributed by atoms with Crippen LogP contribution in [-0.2, 0) is 47.4 Å². The van der Waals surface area contributed by atoms with Gasteiger partial charge in [-0.05, 0) is 12.8 Å². The number of rotatable bonds is 29. The predicted molar refractivity (Wildman–Crippen MR) is 128 cm³/mol. The molecule has 0 aliphatic rings. The molecule has 0 aromatic rings. The molecule has 0 aliphatic heterocycles. The number of hydrogen-bond acceptors (Lipinski definition) is 10. The van der Waals surface area contributed by atoms with Crippen LogP contribution in [0.3, 0.4) is 0 Å². The fraction of sp³-hybridized carbons (Fsp3) is 0.957. The van der Waals surface area contributed by atoms with Crippen LogP contribution in [0.5, 0.6) is 0 Å². The quantitative estimate of drug-likeness (QED) is 0.0834. The second-order valence-electron chi connectivity index (χ2n) is 7.02. The first-order chi connectivity index (χ1) is 16.8. The Hall–Kier alpha value is -0.560. The zero-order chi connectivity index (χ0) is 24.8. The molecular weight excluding hydrogens is 472 g/mol. The number of alkyl halides is 1. The van der Waals surface area contributed by atoms with Crippen LogP contribution < -0.4 is 0 Å². The third kappa shape index (κ3) is 29.5. The molecule has 10 nitrogen and oxygen atoms in total. The molecule has 0 bridgehead atoms. The van der Waals surface area contributed by atoms with Gasteiger partial charge in [-0.3, -0.25) is 0 Å². The maximum atomic E-state index is 10.8. The van der Waals surface area contributed by atoms with Crippen LogP contribution in [0, 0.1) is 0 Å². The van der Waals surface area contributed by atoms with Gasteiger partial charge in [-0.2, -0.15) is 0 Å². The van der Waals surface area contributed by atoms with Crippen LogP contribution in [-0.4, -0.2) is 125 Å². The molecule has 0 heterocycles. The smallest absolute Gasteiger partial charge is 0.331 e. The Morgan fingerprint density at radius 2 is 0.794 bits per heavy atom. The van der Waals surface area contributed by atoms with Gasteiger partial charge in [0.25, 0.3) is 0 Å². The minimum Gasteiger partial charge on any atom is -0.467 e. The van der Waals surface area contributed by atoms with Crippen LogP contribution in [0.25, 0.3) is 0 Å². The van der Waals surface area contributed by atoms with Crippen LogP contribution in [0.15, 0.2) is 0 Å². The molecule has 0 aromatic heterocycles. The van der Waals surface area contributed by atoms with Crippen molar-refractivity contribution < 1.29 is 47.4 Å². The Labute approximate surface area is 209 Å². The summed E-state index contributed by atoms with van der Waals surface area (Å²) in [7, 11) is 1.32. The monoisotopic (exact) mass is 516 g/mol. The van der Waals surface area contributed by atoms with Crippen molar-refractivity contribution >= 4 is 17.6 Å². The predicted octanol–water partition coefficient (Wildman–Crippen LogP) is 2.09. The Bertz CT molecular complexity index is 404. The number of methoxy groups -OCH3 is 1. The first kappa shape index (κ1) is 33.4. The summed E-state index contributed by atoms with van der Waals surface area (Å²) in [4.78, 5) is 10.8. The highest BCUT2D eigenvalue weighted by molar-refractivity contribution is 6.17. The number of halogens is 1. The molecule has 0 saturated heterocycles. The minimum atomic E-state index is -0.402. The topological polar surface area (TPSA) is 100 Å². The standard InChI is InChI=1S/C23H45ClO10/c1-26-23(25)22-34-21-20-33-19-18-32-17-16-31-15-14-30-13-12-29-11-10-28-9-8-27-7-5-3-2-4-6-24/h2-22H2,1H3. The fourth-order valence-corrected chi connectivity index (χ4v) is 2.59. The van der Waals surface area contributed by atoms with Crippen LogP contribution >= 0.6 is 11.6 Å². The summed E-state index contributed by atoms with van der Waals surface area (Å²) in [6.45, 7) is 7.74. The third-order valence-electron chi connectivity index (χ3n) is 4.22. The van der Waals surface area contributed by atoms with E-state index < -0.39 is 5.97 Å². The lowest BCUT2D eigenvalue weighted by Crippen LogP contribution is -2.16. The molecule has 0 amide bonds. The highest BCUT2D eigenvalue weighted by Gasteiger charge is 1.99. The van der Waals surface area contributed by atoms with E-state index in [2.05, 4.69) is 4.74 Å². The molecule has 0 saturated carbocycles. The lowest BCUT2D eigenvalue weighted by Gasteiger charge is -2.08. The van der Waals surface area contributed by atoms with E-state index in [1.807, 2.05) is 0 Å². The van der Waals surface area contributed by atoms with E-state index in [9.17, 15) is 4.79 Å². The van der Waals surface area contributed by atoms with Crippen molar-refractivity contribution in [3.8, 4) is 0 Å². The summed E-state index contributed by atoms with van der Waals surface area (Å²) in [6, 6.07) is 0. The van der Waals surface area contributed by atoms with Crippen LogP contribution in [0.4, 0.5) is 0 Å². The van der Waals surface area contributed by atoms with Crippen molar-refractivity contribution in [1.82, 2.24) is 0 Å². The molecule has 0 N–H and O–H groups in total. The van der Waals surface area contributed by atoms with Gasteiger partial charge in [0, 0.05) is 12.5 Å². The molecular formula is C23H45ClO10. The minimum absolute atomic E-state index is 0.0628. The van der Waals surface area contributed by atoms with Crippen LogP contribution in [0.2, 0.25) is 0 Å². The Balaban J connectivity index is 3.02. The summed E-state index contributed by atoms with van der Waals surface area (Å²) in [5.74, 6) is 0.341. The Kier molecular flexibility index (Phi) is 30.0. The average Bonchev–Trinajstić information content (AvgIpc) is 2.85. The number of hydrogen-bond donors (Lipinski definition) is 0. The maximum Gasteiger partial charge on any atom is 0.331 e. The molecule has 0 unspecified atom stereocenters. The van der Waals surface area contributed by atoms with Crippen LogP contribution in [0.1, 0.15) is 25.7 Å². The zero-order valence-electron chi connectivity index (χ0n) is 20.8. The van der Waals surface area contributed by atoms with E-state index in [1.165, 1.54) is 20.0 Å². The molecule has 0 atom stereocenters. The highest BCUT2D eigenvalue weighted by atomic mass is 35.5. The number of carbonyl (C=O) groups is 1. The molecule has 0 aromatic carbocycles. The van der Waals surface area contributed by atoms with Crippen molar-refractivity contribution in [3.05, 3.63) is 0 Å². The molecule has 0 spiro atoms. The molecule has 0 rings (SSSR count). The average molecular weight is 517 g/mol. The van der Waals surface area contributed by atoms with E-state index in [0.29, 0.717) is 92.5 Å². The van der Waals surface area contributed by atoms with Gasteiger partial charge in [-0.1, -0.05) is 12.8 Å². The molecule has 0 fully saturated rings. The Morgan fingerprint density at radius 3 is 1.15 bits per heavy atom. The largest absolute Gasteiger partial charge is 0.467 e.